The third-order valence-corrected chi connectivity index (χ3v) is 5.56. The molecule has 1 aromatic carbocycles. The third kappa shape index (κ3) is 3.70. The molecule has 25 heavy (non-hydrogen) atoms. The van der Waals surface area contributed by atoms with Crippen molar-refractivity contribution in [1.82, 2.24) is 15.0 Å². The molecule has 3 heterocycles. The Morgan fingerprint density at radius 1 is 1.04 bits per heavy atom. The zero-order chi connectivity index (χ0) is 17.1. The van der Waals surface area contributed by atoms with Gasteiger partial charge in [0.05, 0.1) is 13.2 Å². The number of ether oxygens (including phenoxy) is 1. The number of benzene rings is 1. The van der Waals surface area contributed by atoms with Gasteiger partial charge in [-0.3, -0.25) is 4.90 Å². The molecule has 0 radical (unpaired) electrons. The highest BCUT2D eigenvalue weighted by Crippen LogP contribution is 2.28. The van der Waals surface area contributed by atoms with Crippen molar-refractivity contribution in [1.29, 1.82) is 0 Å². The molecular weight excluding hydrogens is 316 g/mol. The van der Waals surface area contributed by atoms with Gasteiger partial charge in [-0.15, -0.1) is 0 Å². The first kappa shape index (κ1) is 16.5. The van der Waals surface area contributed by atoms with Crippen LogP contribution in [0.4, 0.5) is 6.01 Å². The molecule has 0 amide bonds. The van der Waals surface area contributed by atoms with Gasteiger partial charge in [-0.05, 0) is 25.7 Å². The monoisotopic (exact) mass is 342 g/mol. The third-order valence-electron chi connectivity index (χ3n) is 5.56. The molecule has 2 aliphatic rings. The van der Waals surface area contributed by atoms with Crippen molar-refractivity contribution < 1.29 is 9.26 Å². The Kier molecular flexibility index (Phi) is 4.99. The summed E-state index contributed by atoms with van der Waals surface area (Å²) >= 11 is 0. The lowest BCUT2D eigenvalue weighted by molar-refractivity contribution is 0.00438. The van der Waals surface area contributed by atoms with E-state index in [4.69, 9.17) is 9.26 Å². The number of anilines is 1. The molecule has 0 unspecified atom stereocenters. The van der Waals surface area contributed by atoms with Crippen molar-refractivity contribution in [3.05, 3.63) is 30.3 Å². The fourth-order valence-electron chi connectivity index (χ4n) is 3.90. The van der Waals surface area contributed by atoms with E-state index >= 15 is 0 Å². The summed E-state index contributed by atoms with van der Waals surface area (Å²) in [6, 6.07) is 11.2. The van der Waals surface area contributed by atoms with Crippen LogP contribution < -0.4 is 4.90 Å². The molecule has 0 aliphatic carbocycles. The van der Waals surface area contributed by atoms with Gasteiger partial charge in [-0.1, -0.05) is 35.5 Å². The highest BCUT2D eigenvalue weighted by atomic mass is 16.5. The molecule has 2 saturated heterocycles. The van der Waals surface area contributed by atoms with E-state index in [0.29, 0.717) is 17.9 Å². The molecular formula is C19H26N4O2. The zero-order valence-electron chi connectivity index (χ0n) is 14.8. The zero-order valence-corrected chi connectivity index (χ0v) is 14.8. The SMILES string of the molecule is C[C@H](C1CCN(c2nc(-c3ccccc3)no2)CC1)N1CCOCC1. The predicted molar refractivity (Wildman–Crippen MR) is 96.5 cm³/mol. The molecule has 6 heteroatoms. The van der Waals surface area contributed by atoms with Gasteiger partial charge in [0, 0.05) is 37.8 Å². The van der Waals surface area contributed by atoms with Crippen LogP contribution in [0.25, 0.3) is 11.4 Å². The molecule has 2 aromatic rings. The first-order valence-electron chi connectivity index (χ1n) is 9.27. The molecule has 0 N–H and O–H groups in total. The van der Waals surface area contributed by atoms with E-state index < -0.39 is 0 Å². The van der Waals surface area contributed by atoms with Crippen molar-refractivity contribution in [3.8, 4) is 11.4 Å². The molecule has 0 saturated carbocycles. The maximum atomic E-state index is 5.51. The molecule has 2 aliphatic heterocycles. The summed E-state index contributed by atoms with van der Waals surface area (Å²) in [5.74, 6) is 1.39. The largest absolute Gasteiger partial charge is 0.379 e. The second kappa shape index (κ2) is 7.54. The Labute approximate surface area is 148 Å². The summed E-state index contributed by atoms with van der Waals surface area (Å²) in [6.45, 7) is 8.19. The minimum Gasteiger partial charge on any atom is -0.379 e. The van der Waals surface area contributed by atoms with Crippen molar-refractivity contribution in [2.45, 2.75) is 25.8 Å². The lowest BCUT2D eigenvalue weighted by Crippen LogP contribution is -2.48. The van der Waals surface area contributed by atoms with Crippen LogP contribution in [-0.2, 0) is 4.74 Å². The van der Waals surface area contributed by atoms with Crippen LogP contribution in [0, 0.1) is 5.92 Å². The summed E-state index contributed by atoms with van der Waals surface area (Å²) in [6.07, 6.45) is 2.34. The van der Waals surface area contributed by atoms with Crippen LogP contribution in [0.1, 0.15) is 19.8 Å². The maximum Gasteiger partial charge on any atom is 0.324 e. The number of aromatic nitrogens is 2. The van der Waals surface area contributed by atoms with Crippen molar-refractivity contribution in [2.75, 3.05) is 44.3 Å². The Bertz CT molecular complexity index is 661. The van der Waals surface area contributed by atoms with Gasteiger partial charge in [-0.25, -0.2) is 0 Å². The van der Waals surface area contributed by atoms with Crippen LogP contribution in [0.15, 0.2) is 34.9 Å². The van der Waals surface area contributed by atoms with Crippen LogP contribution >= 0.6 is 0 Å². The number of hydrogen-bond donors (Lipinski definition) is 0. The molecule has 1 atom stereocenters. The van der Waals surface area contributed by atoms with E-state index in [0.717, 1.165) is 50.9 Å². The van der Waals surface area contributed by atoms with Crippen LogP contribution in [-0.4, -0.2) is 60.5 Å². The molecule has 2 fully saturated rings. The Balaban J connectivity index is 1.35. The number of morpholine rings is 1. The van der Waals surface area contributed by atoms with Gasteiger partial charge in [0.15, 0.2) is 0 Å². The van der Waals surface area contributed by atoms with E-state index in [1.54, 1.807) is 0 Å². The van der Waals surface area contributed by atoms with E-state index in [1.807, 2.05) is 30.3 Å². The fraction of sp³-hybridized carbons (Fsp3) is 0.579. The van der Waals surface area contributed by atoms with Crippen LogP contribution in [0.2, 0.25) is 0 Å². The molecule has 0 spiro atoms. The van der Waals surface area contributed by atoms with E-state index in [2.05, 4.69) is 26.9 Å². The summed E-state index contributed by atoms with van der Waals surface area (Å²) < 4.78 is 11.0. The Hall–Kier alpha value is -1.92. The van der Waals surface area contributed by atoms with E-state index in [1.165, 1.54) is 12.8 Å². The number of nitrogens with zero attached hydrogens (tertiary/aromatic N) is 4. The van der Waals surface area contributed by atoms with Crippen molar-refractivity contribution in [3.63, 3.8) is 0 Å². The molecule has 0 bridgehead atoms. The average molecular weight is 342 g/mol. The van der Waals surface area contributed by atoms with E-state index in [-0.39, 0.29) is 0 Å². The topological polar surface area (TPSA) is 54.6 Å². The lowest BCUT2D eigenvalue weighted by atomic mass is 9.89. The predicted octanol–water partition coefficient (Wildman–Crippen LogP) is 2.67. The second-order valence-electron chi connectivity index (χ2n) is 6.98. The summed E-state index contributed by atoms with van der Waals surface area (Å²) in [5, 5.41) is 4.14. The molecule has 1 aromatic heterocycles. The van der Waals surface area contributed by atoms with Gasteiger partial charge >= 0.3 is 6.01 Å². The number of piperidine rings is 1. The highest BCUT2D eigenvalue weighted by molar-refractivity contribution is 5.55. The Morgan fingerprint density at radius 3 is 2.48 bits per heavy atom. The maximum absolute atomic E-state index is 5.51. The van der Waals surface area contributed by atoms with Gasteiger partial charge in [0.1, 0.15) is 0 Å². The van der Waals surface area contributed by atoms with Gasteiger partial charge in [0.2, 0.25) is 5.82 Å². The second-order valence-corrected chi connectivity index (χ2v) is 6.98. The summed E-state index contributed by atoms with van der Waals surface area (Å²) in [4.78, 5) is 9.38. The van der Waals surface area contributed by atoms with Gasteiger partial charge in [0.25, 0.3) is 0 Å². The summed E-state index contributed by atoms with van der Waals surface area (Å²) in [7, 11) is 0. The first-order chi connectivity index (χ1) is 12.3. The first-order valence-corrected chi connectivity index (χ1v) is 9.27. The average Bonchev–Trinajstić information content (AvgIpc) is 3.19. The quantitative estimate of drug-likeness (QED) is 0.851. The molecule has 4 rings (SSSR count). The normalized spacial score (nSPS) is 21.4. The molecule has 134 valence electrons. The van der Waals surface area contributed by atoms with Crippen LogP contribution in [0.3, 0.4) is 0 Å². The smallest absolute Gasteiger partial charge is 0.324 e. The number of hydrogen-bond acceptors (Lipinski definition) is 6. The van der Waals surface area contributed by atoms with Gasteiger partial charge in [-0.2, -0.15) is 4.98 Å². The van der Waals surface area contributed by atoms with Crippen molar-refractivity contribution >= 4 is 6.01 Å². The summed E-state index contributed by atoms with van der Waals surface area (Å²) in [5.41, 5.74) is 0.994. The van der Waals surface area contributed by atoms with E-state index in [9.17, 15) is 0 Å². The van der Waals surface area contributed by atoms with Crippen molar-refractivity contribution in [2.24, 2.45) is 5.92 Å². The Morgan fingerprint density at radius 2 is 1.76 bits per heavy atom. The standard InChI is InChI=1S/C19H26N4O2/c1-15(22-11-13-24-14-12-22)16-7-9-23(10-8-16)19-20-18(21-25-19)17-5-3-2-4-6-17/h2-6,15-16H,7-14H2,1H3/t15-/m1/s1. The fourth-order valence-corrected chi connectivity index (χ4v) is 3.90. The highest BCUT2D eigenvalue weighted by Gasteiger charge is 2.30. The minimum absolute atomic E-state index is 0.619. The van der Waals surface area contributed by atoms with Gasteiger partial charge < -0.3 is 14.2 Å². The van der Waals surface area contributed by atoms with Crippen LogP contribution in [0.5, 0.6) is 0 Å². The molecule has 6 nitrogen and oxygen atoms in total. The lowest BCUT2D eigenvalue weighted by Gasteiger charge is -2.40. The number of rotatable bonds is 4. The minimum atomic E-state index is 0.619.